The standard InChI is InChI=1S/C7H14F3NO/c1-3-4(2)5(11)6(12)7(8,9)10/h4-6,12H,3,11H2,1-2H3/t4-,5+,6-/m0/s1. The van der Waals surface area contributed by atoms with Gasteiger partial charge in [-0.2, -0.15) is 13.2 Å². The molecule has 3 N–H and O–H groups in total. The van der Waals surface area contributed by atoms with E-state index in [1.54, 1.807) is 13.8 Å². The number of hydrogen-bond acceptors (Lipinski definition) is 2. The summed E-state index contributed by atoms with van der Waals surface area (Å²) < 4.78 is 35.6. The minimum absolute atomic E-state index is 0.332. The first kappa shape index (κ1) is 11.7. The third-order valence-corrected chi connectivity index (χ3v) is 2.00. The lowest BCUT2D eigenvalue weighted by Gasteiger charge is -2.25. The van der Waals surface area contributed by atoms with E-state index in [4.69, 9.17) is 10.8 Å². The van der Waals surface area contributed by atoms with Crippen LogP contribution in [0.1, 0.15) is 20.3 Å². The molecule has 0 saturated heterocycles. The van der Waals surface area contributed by atoms with Crippen molar-refractivity contribution in [3.63, 3.8) is 0 Å². The Kier molecular flexibility index (Phi) is 3.99. The fraction of sp³-hybridized carbons (Fsp3) is 1.00. The average Bonchev–Trinajstić information content (AvgIpc) is 1.98. The van der Waals surface area contributed by atoms with E-state index in [9.17, 15) is 13.2 Å². The summed E-state index contributed by atoms with van der Waals surface area (Å²) in [6.45, 7) is 3.31. The molecule has 0 aliphatic rings. The van der Waals surface area contributed by atoms with Gasteiger partial charge in [-0.05, 0) is 5.92 Å². The first-order valence-corrected chi connectivity index (χ1v) is 3.81. The number of halogens is 3. The predicted molar refractivity (Wildman–Crippen MR) is 39.5 cm³/mol. The van der Waals surface area contributed by atoms with Gasteiger partial charge in [0.1, 0.15) is 0 Å². The normalized spacial score (nSPS) is 20.2. The highest BCUT2D eigenvalue weighted by Crippen LogP contribution is 2.25. The number of rotatable bonds is 3. The quantitative estimate of drug-likeness (QED) is 0.695. The first-order valence-electron chi connectivity index (χ1n) is 3.81. The molecule has 0 rings (SSSR count). The van der Waals surface area contributed by atoms with Crippen LogP contribution in [0.25, 0.3) is 0 Å². The van der Waals surface area contributed by atoms with E-state index in [1.807, 2.05) is 0 Å². The molecule has 2 nitrogen and oxygen atoms in total. The van der Waals surface area contributed by atoms with E-state index >= 15 is 0 Å². The lowest BCUT2D eigenvalue weighted by Crippen LogP contribution is -2.48. The van der Waals surface area contributed by atoms with E-state index < -0.39 is 18.3 Å². The number of aliphatic hydroxyl groups excluding tert-OH is 1. The Morgan fingerprint density at radius 2 is 1.83 bits per heavy atom. The van der Waals surface area contributed by atoms with Gasteiger partial charge in [-0.25, -0.2) is 0 Å². The van der Waals surface area contributed by atoms with Crippen molar-refractivity contribution in [2.24, 2.45) is 11.7 Å². The molecular weight excluding hydrogens is 171 g/mol. The molecule has 0 aliphatic heterocycles. The van der Waals surface area contributed by atoms with E-state index in [-0.39, 0.29) is 5.92 Å². The highest BCUT2D eigenvalue weighted by atomic mass is 19.4. The highest BCUT2D eigenvalue weighted by molar-refractivity contribution is 4.81. The van der Waals surface area contributed by atoms with Gasteiger partial charge in [-0.15, -0.1) is 0 Å². The molecule has 0 aromatic carbocycles. The summed E-state index contributed by atoms with van der Waals surface area (Å²) >= 11 is 0. The molecule has 0 amide bonds. The van der Waals surface area contributed by atoms with Crippen molar-refractivity contribution in [3.05, 3.63) is 0 Å². The average molecular weight is 185 g/mol. The summed E-state index contributed by atoms with van der Waals surface area (Å²) in [4.78, 5) is 0. The second kappa shape index (κ2) is 4.09. The van der Waals surface area contributed by atoms with Crippen molar-refractivity contribution in [2.45, 2.75) is 38.6 Å². The molecule has 74 valence electrons. The van der Waals surface area contributed by atoms with E-state index in [1.165, 1.54) is 0 Å². The van der Waals surface area contributed by atoms with Crippen LogP contribution in [-0.2, 0) is 0 Å². The van der Waals surface area contributed by atoms with E-state index in [2.05, 4.69) is 0 Å². The molecule has 12 heavy (non-hydrogen) atoms. The Labute approximate surface area is 69.6 Å². The van der Waals surface area contributed by atoms with Crippen LogP contribution < -0.4 is 5.73 Å². The SMILES string of the molecule is CC[C@H](C)[C@@H](N)[C@H](O)C(F)(F)F. The largest absolute Gasteiger partial charge is 0.415 e. The summed E-state index contributed by atoms with van der Waals surface area (Å²) in [6.07, 6.45) is -6.50. The lowest BCUT2D eigenvalue weighted by atomic mass is 9.95. The molecule has 0 aliphatic carbocycles. The minimum Gasteiger partial charge on any atom is -0.382 e. The molecular formula is C7H14F3NO. The van der Waals surface area contributed by atoms with Crippen LogP contribution in [0.4, 0.5) is 13.2 Å². The molecule has 0 saturated carbocycles. The zero-order valence-electron chi connectivity index (χ0n) is 7.10. The summed E-state index contributed by atoms with van der Waals surface area (Å²) in [7, 11) is 0. The topological polar surface area (TPSA) is 46.2 Å². The summed E-state index contributed by atoms with van der Waals surface area (Å²) in [6, 6.07) is -1.23. The van der Waals surface area contributed by atoms with Gasteiger partial charge in [0.2, 0.25) is 0 Å². The number of nitrogens with two attached hydrogens (primary N) is 1. The fourth-order valence-corrected chi connectivity index (χ4v) is 0.802. The van der Waals surface area contributed by atoms with Crippen LogP contribution in [0.15, 0.2) is 0 Å². The number of alkyl halides is 3. The summed E-state index contributed by atoms with van der Waals surface area (Å²) in [5.41, 5.74) is 5.19. The monoisotopic (exact) mass is 185 g/mol. The number of hydrogen-bond donors (Lipinski definition) is 2. The van der Waals surface area contributed by atoms with Crippen molar-refractivity contribution < 1.29 is 18.3 Å². The van der Waals surface area contributed by atoms with Crippen LogP contribution in [0.3, 0.4) is 0 Å². The highest BCUT2D eigenvalue weighted by Gasteiger charge is 2.43. The maximum atomic E-state index is 11.9. The van der Waals surface area contributed by atoms with Gasteiger partial charge < -0.3 is 10.8 Å². The Bertz CT molecular complexity index is 137. The molecule has 0 unspecified atom stereocenters. The van der Waals surface area contributed by atoms with Gasteiger partial charge in [-0.3, -0.25) is 0 Å². The van der Waals surface area contributed by atoms with Crippen molar-refractivity contribution in [3.8, 4) is 0 Å². The second-order valence-electron chi connectivity index (χ2n) is 2.95. The first-order chi connectivity index (χ1) is 5.30. The van der Waals surface area contributed by atoms with Crippen molar-refractivity contribution in [1.82, 2.24) is 0 Å². The third-order valence-electron chi connectivity index (χ3n) is 2.00. The van der Waals surface area contributed by atoms with Gasteiger partial charge in [0.05, 0.1) is 0 Å². The summed E-state index contributed by atoms with van der Waals surface area (Å²) in [5.74, 6) is -0.332. The zero-order valence-corrected chi connectivity index (χ0v) is 7.10. The fourth-order valence-electron chi connectivity index (χ4n) is 0.802. The van der Waals surface area contributed by atoms with Crippen LogP contribution in [0, 0.1) is 5.92 Å². The van der Waals surface area contributed by atoms with Gasteiger partial charge in [0, 0.05) is 6.04 Å². The van der Waals surface area contributed by atoms with E-state index in [0.29, 0.717) is 6.42 Å². The van der Waals surface area contributed by atoms with Crippen molar-refractivity contribution >= 4 is 0 Å². The zero-order chi connectivity index (χ0) is 9.94. The van der Waals surface area contributed by atoms with Gasteiger partial charge in [0.25, 0.3) is 0 Å². The Morgan fingerprint density at radius 3 is 2.08 bits per heavy atom. The van der Waals surface area contributed by atoms with Crippen LogP contribution >= 0.6 is 0 Å². The maximum absolute atomic E-state index is 11.9. The molecule has 0 aromatic heterocycles. The molecule has 3 atom stereocenters. The Balaban J connectivity index is 4.19. The third kappa shape index (κ3) is 2.98. The molecule has 0 spiro atoms. The smallest absolute Gasteiger partial charge is 0.382 e. The van der Waals surface area contributed by atoms with Crippen molar-refractivity contribution in [1.29, 1.82) is 0 Å². The number of aliphatic hydroxyl groups is 1. The minimum atomic E-state index is -4.61. The maximum Gasteiger partial charge on any atom is 0.415 e. The van der Waals surface area contributed by atoms with Gasteiger partial charge >= 0.3 is 6.18 Å². The Hall–Kier alpha value is -0.290. The van der Waals surface area contributed by atoms with E-state index in [0.717, 1.165) is 0 Å². The van der Waals surface area contributed by atoms with Crippen LogP contribution in [-0.4, -0.2) is 23.4 Å². The van der Waals surface area contributed by atoms with Gasteiger partial charge in [0.15, 0.2) is 6.10 Å². The lowest BCUT2D eigenvalue weighted by molar-refractivity contribution is -0.212. The summed E-state index contributed by atoms with van der Waals surface area (Å²) in [5, 5.41) is 8.71. The molecule has 0 aromatic rings. The molecule has 0 radical (unpaired) electrons. The van der Waals surface area contributed by atoms with Crippen LogP contribution in [0.5, 0.6) is 0 Å². The molecule has 0 bridgehead atoms. The second-order valence-corrected chi connectivity index (χ2v) is 2.95. The van der Waals surface area contributed by atoms with Crippen molar-refractivity contribution in [2.75, 3.05) is 0 Å². The van der Waals surface area contributed by atoms with Gasteiger partial charge in [-0.1, -0.05) is 20.3 Å². The predicted octanol–water partition coefficient (Wildman–Crippen LogP) is 1.28. The molecule has 0 heterocycles. The molecule has 5 heteroatoms. The Morgan fingerprint density at radius 1 is 1.42 bits per heavy atom. The molecule has 0 fully saturated rings. The van der Waals surface area contributed by atoms with Crippen LogP contribution in [0.2, 0.25) is 0 Å².